The normalized spacial score (nSPS) is 11.4. The van der Waals surface area contributed by atoms with Gasteiger partial charge >= 0.3 is 10.2 Å². The zero-order valence-corrected chi connectivity index (χ0v) is 13.7. The second-order valence-corrected chi connectivity index (χ2v) is 6.63. The van der Waals surface area contributed by atoms with Gasteiger partial charge in [-0.05, 0) is 44.0 Å². The smallest absolute Gasteiger partial charge is 0.301 e. The van der Waals surface area contributed by atoms with E-state index in [2.05, 4.69) is 16.6 Å². The molecular weight excluding hydrogens is 288 g/mol. The Kier molecular flexibility index (Phi) is 6.21. The lowest BCUT2D eigenvalue weighted by Gasteiger charge is -2.22. The summed E-state index contributed by atoms with van der Waals surface area (Å²) in [6.07, 6.45) is 0.678. The van der Waals surface area contributed by atoms with E-state index in [1.165, 1.54) is 4.31 Å². The van der Waals surface area contributed by atoms with E-state index < -0.39 is 10.2 Å². The summed E-state index contributed by atoms with van der Waals surface area (Å²) in [5.74, 6) is 5.39. The first-order valence-electron chi connectivity index (χ1n) is 6.80. The number of nitrogens with zero attached hydrogens (tertiary/aromatic N) is 1. The molecule has 1 aromatic carbocycles. The van der Waals surface area contributed by atoms with Gasteiger partial charge in [-0.25, -0.2) is 0 Å². The molecule has 5 nitrogen and oxygen atoms in total. The zero-order chi connectivity index (χ0) is 16.0. The quantitative estimate of drug-likeness (QED) is 0.812. The van der Waals surface area contributed by atoms with Crippen molar-refractivity contribution in [2.75, 3.05) is 18.4 Å². The highest BCUT2D eigenvalue weighted by Gasteiger charge is 2.21. The van der Waals surface area contributed by atoms with Crippen LogP contribution >= 0.6 is 0 Å². The van der Waals surface area contributed by atoms with E-state index >= 15 is 0 Å². The number of anilines is 1. The number of benzene rings is 1. The van der Waals surface area contributed by atoms with Crippen LogP contribution in [-0.4, -0.2) is 37.5 Å². The van der Waals surface area contributed by atoms with Gasteiger partial charge in [-0.2, -0.15) is 12.7 Å². The molecule has 21 heavy (non-hydrogen) atoms. The predicted octanol–water partition coefficient (Wildman–Crippen LogP) is 1.59. The summed E-state index contributed by atoms with van der Waals surface area (Å²) in [5.41, 5.74) is 2.17. The number of hydrogen-bond acceptors (Lipinski definition) is 3. The third-order valence-corrected chi connectivity index (χ3v) is 4.80. The van der Waals surface area contributed by atoms with Gasteiger partial charge in [0.2, 0.25) is 0 Å². The molecule has 0 fully saturated rings. The third kappa shape index (κ3) is 4.74. The first-order chi connectivity index (χ1) is 9.81. The van der Waals surface area contributed by atoms with Crippen LogP contribution in [0, 0.1) is 11.8 Å². The molecule has 116 valence electrons. The molecular formula is C15H22N2O3S. The van der Waals surface area contributed by atoms with Gasteiger partial charge in [0.1, 0.15) is 6.61 Å². The molecule has 6 heteroatoms. The van der Waals surface area contributed by atoms with Crippen LogP contribution in [0.2, 0.25) is 0 Å². The first kappa shape index (κ1) is 17.5. The van der Waals surface area contributed by atoms with E-state index in [0.29, 0.717) is 12.1 Å². The zero-order valence-electron chi connectivity index (χ0n) is 12.8. The summed E-state index contributed by atoms with van der Waals surface area (Å²) < 4.78 is 28.3. The third-order valence-electron chi connectivity index (χ3n) is 3.14. The fraction of sp³-hybridized carbons (Fsp3) is 0.467. The molecule has 0 aliphatic heterocycles. The molecule has 0 heterocycles. The second-order valence-electron chi connectivity index (χ2n) is 4.90. The summed E-state index contributed by atoms with van der Waals surface area (Å²) in [4.78, 5) is 0. The van der Waals surface area contributed by atoms with E-state index in [-0.39, 0.29) is 12.6 Å². The molecule has 0 spiro atoms. The van der Waals surface area contributed by atoms with Crippen molar-refractivity contribution in [2.45, 2.75) is 33.2 Å². The fourth-order valence-corrected chi connectivity index (χ4v) is 2.87. The largest absolute Gasteiger partial charge is 0.384 e. The van der Waals surface area contributed by atoms with Gasteiger partial charge in [0.25, 0.3) is 0 Å². The van der Waals surface area contributed by atoms with Gasteiger partial charge in [-0.3, -0.25) is 4.72 Å². The number of nitrogens with one attached hydrogen (secondary N) is 1. The SMILES string of the molecule is CCc1cc(C#CCO)ccc1NS(=O)(=O)N(C)C(C)C. The standard InChI is InChI=1S/C15H22N2O3S/c1-5-14-11-13(7-6-10-18)8-9-15(14)16-21(19,20)17(4)12(2)3/h8-9,11-12,16,18H,5,10H2,1-4H3. The van der Waals surface area contributed by atoms with E-state index in [4.69, 9.17) is 5.11 Å². The monoisotopic (exact) mass is 310 g/mol. The van der Waals surface area contributed by atoms with Gasteiger partial charge in [0, 0.05) is 18.7 Å². The minimum Gasteiger partial charge on any atom is -0.384 e. The van der Waals surface area contributed by atoms with E-state index in [9.17, 15) is 8.42 Å². The average Bonchev–Trinajstić information content (AvgIpc) is 2.44. The Morgan fingerprint density at radius 2 is 2.05 bits per heavy atom. The highest BCUT2D eigenvalue weighted by atomic mass is 32.2. The van der Waals surface area contributed by atoms with Crippen LogP contribution in [0.4, 0.5) is 5.69 Å². The summed E-state index contributed by atoms with van der Waals surface area (Å²) in [5, 5.41) is 8.70. The molecule has 0 bridgehead atoms. The summed E-state index contributed by atoms with van der Waals surface area (Å²) in [6, 6.07) is 5.14. The highest BCUT2D eigenvalue weighted by molar-refractivity contribution is 7.90. The van der Waals surface area contributed by atoms with Gasteiger partial charge in [-0.1, -0.05) is 18.8 Å². The minimum atomic E-state index is -3.57. The van der Waals surface area contributed by atoms with Crippen LogP contribution in [-0.2, 0) is 16.6 Å². The van der Waals surface area contributed by atoms with Crippen molar-refractivity contribution in [2.24, 2.45) is 0 Å². The Hall–Kier alpha value is -1.55. The average molecular weight is 310 g/mol. The van der Waals surface area contributed by atoms with Gasteiger partial charge in [-0.15, -0.1) is 0 Å². The van der Waals surface area contributed by atoms with Crippen LogP contribution < -0.4 is 4.72 Å². The Morgan fingerprint density at radius 3 is 2.57 bits per heavy atom. The summed E-state index contributed by atoms with van der Waals surface area (Å²) in [7, 11) is -2.03. The molecule has 1 aromatic rings. The fourth-order valence-electron chi connectivity index (χ4n) is 1.69. The minimum absolute atomic E-state index is 0.123. The van der Waals surface area contributed by atoms with Crippen LogP contribution in [0.25, 0.3) is 0 Å². The number of aliphatic hydroxyl groups excluding tert-OH is 1. The highest BCUT2D eigenvalue weighted by Crippen LogP contribution is 2.20. The summed E-state index contributed by atoms with van der Waals surface area (Å²) >= 11 is 0. The molecule has 1 rings (SSSR count). The van der Waals surface area contributed by atoms with Crippen molar-refractivity contribution in [3.8, 4) is 11.8 Å². The first-order valence-corrected chi connectivity index (χ1v) is 8.24. The summed E-state index contributed by atoms with van der Waals surface area (Å²) in [6.45, 7) is 5.37. The maximum absolute atomic E-state index is 12.2. The van der Waals surface area contributed by atoms with Crippen molar-refractivity contribution >= 4 is 15.9 Å². The molecule has 0 aliphatic carbocycles. The molecule has 0 aliphatic rings. The molecule has 0 unspecified atom stereocenters. The molecule has 0 aromatic heterocycles. The molecule has 0 atom stereocenters. The molecule has 0 saturated carbocycles. The van der Waals surface area contributed by atoms with Crippen LogP contribution in [0.5, 0.6) is 0 Å². The van der Waals surface area contributed by atoms with E-state index in [1.807, 2.05) is 26.8 Å². The van der Waals surface area contributed by atoms with Crippen molar-refractivity contribution in [3.05, 3.63) is 29.3 Å². The molecule has 2 N–H and O–H groups in total. The number of aliphatic hydroxyl groups is 1. The van der Waals surface area contributed by atoms with Crippen molar-refractivity contribution in [3.63, 3.8) is 0 Å². The predicted molar refractivity (Wildman–Crippen MR) is 85.2 cm³/mol. The van der Waals surface area contributed by atoms with Crippen molar-refractivity contribution < 1.29 is 13.5 Å². The molecule has 0 radical (unpaired) electrons. The van der Waals surface area contributed by atoms with Crippen LogP contribution in [0.1, 0.15) is 31.9 Å². The lowest BCUT2D eigenvalue weighted by Crippen LogP contribution is -2.37. The molecule has 0 saturated heterocycles. The number of rotatable bonds is 5. The number of hydrogen-bond donors (Lipinski definition) is 2. The maximum atomic E-state index is 12.2. The Morgan fingerprint density at radius 1 is 1.38 bits per heavy atom. The van der Waals surface area contributed by atoms with E-state index in [0.717, 1.165) is 11.1 Å². The lowest BCUT2D eigenvalue weighted by atomic mass is 10.1. The lowest BCUT2D eigenvalue weighted by molar-refractivity contribution is 0.350. The number of aryl methyl sites for hydroxylation is 1. The molecule has 0 amide bonds. The topological polar surface area (TPSA) is 69.6 Å². The Bertz CT molecular complexity index is 643. The van der Waals surface area contributed by atoms with Gasteiger partial charge in [0.05, 0.1) is 5.69 Å². The van der Waals surface area contributed by atoms with Gasteiger partial charge < -0.3 is 5.11 Å². The van der Waals surface area contributed by atoms with Gasteiger partial charge in [0.15, 0.2) is 0 Å². The maximum Gasteiger partial charge on any atom is 0.301 e. The van der Waals surface area contributed by atoms with Crippen LogP contribution in [0.3, 0.4) is 0 Å². The Balaban J connectivity index is 3.09. The Labute approximate surface area is 127 Å². The van der Waals surface area contributed by atoms with E-state index in [1.54, 1.807) is 19.2 Å². The van der Waals surface area contributed by atoms with Crippen molar-refractivity contribution in [1.29, 1.82) is 0 Å². The van der Waals surface area contributed by atoms with Crippen LogP contribution in [0.15, 0.2) is 18.2 Å². The second kappa shape index (κ2) is 7.46. The van der Waals surface area contributed by atoms with Crippen molar-refractivity contribution in [1.82, 2.24) is 4.31 Å².